The van der Waals surface area contributed by atoms with Crippen molar-refractivity contribution in [3.8, 4) is 0 Å². The van der Waals surface area contributed by atoms with Crippen LogP contribution < -0.4 is 5.32 Å². The number of piperidine rings is 1. The number of halogens is 1. The SMILES string of the molecule is Cc1nnc(CN=C(NCc2cccs2)N2CC(C)CC(C)C2)n1C.I. The van der Waals surface area contributed by atoms with E-state index in [2.05, 4.69) is 51.8 Å². The van der Waals surface area contributed by atoms with Gasteiger partial charge in [-0.1, -0.05) is 19.9 Å². The molecular formula is C18H29IN6S. The van der Waals surface area contributed by atoms with Gasteiger partial charge in [-0.2, -0.15) is 0 Å². The number of aryl methyl sites for hydroxylation is 1. The first-order valence-electron chi connectivity index (χ1n) is 8.93. The fraction of sp³-hybridized carbons (Fsp3) is 0.611. The van der Waals surface area contributed by atoms with Crippen molar-refractivity contribution in [1.29, 1.82) is 0 Å². The van der Waals surface area contributed by atoms with Crippen LogP contribution in [0.5, 0.6) is 0 Å². The highest BCUT2D eigenvalue weighted by atomic mass is 127. The van der Waals surface area contributed by atoms with Gasteiger partial charge in [-0.25, -0.2) is 4.99 Å². The Kier molecular flexibility index (Phi) is 7.87. The molecule has 1 fully saturated rings. The highest BCUT2D eigenvalue weighted by molar-refractivity contribution is 14.0. The Bertz CT molecular complexity index is 701. The highest BCUT2D eigenvalue weighted by Crippen LogP contribution is 2.21. The van der Waals surface area contributed by atoms with E-state index in [-0.39, 0.29) is 24.0 Å². The van der Waals surface area contributed by atoms with E-state index in [1.165, 1.54) is 11.3 Å². The average molecular weight is 488 g/mol. The minimum absolute atomic E-state index is 0. The fourth-order valence-electron chi connectivity index (χ4n) is 3.42. The number of aliphatic imine (C=N–C) groups is 1. The normalized spacial score (nSPS) is 20.8. The van der Waals surface area contributed by atoms with Gasteiger partial charge in [0.05, 0.1) is 6.54 Å². The van der Waals surface area contributed by atoms with Crippen molar-refractivity contribution in [3.63, 3.8) is 0 Å². The van der Waals surface area contributed by atoms with Crippen LogP contribution in [0, 0.1) is 18.8 Å². The van der Waals surface area contributed by atoms with Gasteiger partial charge in [0.25, 0.3) is 0 Å². The van der Waals surface area contributed by atoms with Crippen LogP contribution in [0.4, 0.5) is 0 Å². The molecule has 0 aliphatic carbocycles. The summed E-state index contributed by atoms with van der Waals surface area (Å²) < 4.78 is 2.00. The molecule has 0 bridgehead atoms. The van der Waals surface area contributed by atoms with Crippen molar-refractivity contribution in [2.45, 2.75) is 40.3 Å². The summed E-state index contributed by atoms with van der Waals surface area (Å²) in [5.41, 5.74) is 0. The first-order chi connectivity index (χ1) is 12.0. The average Bonchev–Trinajstić information content (AvgIpc) is 3.19. The van der Waals surface area contributed by atoms with E-state index in [1.54, 1.807) is 11.3 Å². The second kappa shape index (κ2) is 9.68. The zero-order chi connectivity index (χ0) is 17.8. The topological polar surface area (TPSA) is 58.3 Å². The van der Waals surface area contributed by atoms with E-state index in [1.807, 2.05) is 18.5 Å². The summed E-state index contributed by atoms with van der Waals surface area (Å²) in [5, 5.41) is 14.0. The number of rotatable bonds is 4. The van der Waals surface area contributed by atoms with Crippen LogP contribution in [0.3, 0.4) is 0 Å². The minimum Gasteiger partial charge on any atom is -0.351 e. The zero-order valence-corrected chi connectivity index (χ0v) is 19.1. The van der Waals surface area contributed by atoms with Crippen molar-refractivity contribution >= 4 is 41.3 Å². The summed E-state index contributed by atoms with van der Waals surface area (Å²) >= 11 is 1.77. The van der Waals surface area contributed by atoms with Crippen molar-refractivity contribution in [1.82, 2.24) is 25.0 Å². The molecule has 1 N–H and O–H groups in total. The van der Waals surface area contributed by atoms with Gasteiger partial charge < -0.3 is 14.8 Å². The molecule has 0 spiro atoms. The van der Waals surface area contributed by atoms with Crippen molar-refractivity contribution in [2.24, 2.45) is 23.9 Å². The molecule has 1 aliphatic heterocycles. The third-order valence-corrected chi connectivity index (χ3v) is 5.60. The maximum absolute atomic E-state index is 4.87. The third kappa shape index (κ3) is 5.42. The van der Waals surface area contributed by atoms with Crippen LogP contribution in [0.2, 0.25) is 0 Å². The standard InChI is InChI=1S/C18H28N6S.HI/c1-13-8-14(2)12-24(11-13)18(19-9-16-6-5-7-25-16)20-10-17-22-21-15(3)23(17)4;/h5-7,13-14H,8-12H2,1-4H3,(H,19,20);1H. The summed E-state index contributed by atoms with van der Waals surface area (Å²) in [6, 6.07) is 4.24. The summed E-state index contributed by atoms with van der Waals surface area (Å²) in [6.07, 6.45) is 1.29. The maximum atomic E-state index is 4.87. The number of aromatic nitrogens is 3. The lowest BCUT2D eigenvalue weighted by atomic mass is 9.92. The minimum atomic E-state index is 0. The molecule has 144 valence electrons. The molecule has 1 aliphatic rings. The summed E-state index contributed by atoms with van der Waals surface area (Å²) in [5.74, 6) is 4.17. The molecular weight excluding hydrogens is 459 g/mol. The van der Waals surface area contributed by atoms with Crippen LogP contribution in [0.15, 0.2) is 22.5 Å². The smallest absolute Gasteiger partial charge is 0.194 e. The molecule has 0 radical (unpaired) electrons. The molecule has 2 aromatic rings. The molecule has 26 heavy (non-hydrogen) atoms. The van der Waals surface area contributed by atoms with Gasteiger partial charge in [-0.05, 0) is 36.6 Å². The van der Waals surface area contributed by atoms with E-state index in [4.69, 9.17) is 4.99 Å². The molecule has 2 unspecified atom stereocenters. The van der Waals surface area contributed by atoms with Crippen molar-refractivity contribution in [2.75, 3.05) is 13.1 Å². The van der Waals surface area contributed by atoms with Crippen LogP contribution in [0.1, 0.15) is 36.8 Å². The molecule has 1 saturated heterocycles. The Hall–Kier alpha value is -1.16. The second-order valence-electron chi connectivity index (χ2n) is 7.15. The first-order valence-corrected chi connectivity index (χ1v) is 9.81. The van der Waals surface area contributed by atoms with Crippen LogP contribution in [0.25, 0.3) is 0 Å². The molecule has 8 heteroatoms. The molecule has 6 nitrogen and oxygen atoms in total. The molecule has 0 amide bonds. The van der Waals surface area contributed by atoms with E-state index in [0.717, 1.165) is 37.2 Å². The molecule has 0 saturated carbocycles. The Labute approximate surface area is 177 Å². The molecule has 3 heterocycles. The summed E-state index contributed by atoms with van der Waals surface area (Å²) in [6.45, 7) is 10.1. The van der Waals surface area contributed by atoms with E-state index in [9.17, 15) is 0 Å². The first kappa shape index (κ1) is 21.1. The summed E-state index contributed by atoms with van der Waals surface area (Å²) in [4.78, 5) is 8.59. The number of hydrogen-bond acceptors (Lipinski definition) is 4. The highest BCUT2D eigenvalue weighted by Gasteiger charge is 2.24. The Morgan fingerprint density at radius 1 is 1.31 bits per heavy atom. The lowest BCUT2D eigenvalue weighted by molar-refractivity contribution is 0.208. The Morgan fingerprint density at radius 2 is 2.04 bits per heavy atom. The number of likely N-dealkylation sites (tertiary alicyclic amines) is 1. The molecule has 0 aromatic carbocycles. The molecule has 2 atom stereocenters. The number of guanidine groups is 1. The van der Waals surface area contributed by atoms with Gasteiger partial charge in [0.15, 0.2) is 11.8 Å². The largest absolute Gasteiger partial charge is 0.351 e. The molecule has 3 rings (SSSR count). The Morgan fingerprint density at radius 3 is 2.62 bits per heavy atom. The van der Waals surface area contributed by atoms with E-state index < -0.39 is 0 Å². The number of nitrogens with one attached hydrogen (secondary N) is 1. The zero-order valence-electron chi connectivity index (χ0n) is 16.0. The van der Waals surface area contributed by atoms with E-state index >= 15 is 0 Å². The van der Waals surface area contributed by atoms with Gasteiger partial charge in [0, 0.05) is 25.0 Å². The number of thiophene rings is 1. The van der Waals surface area contributed by atoms with Crippen LogP contribution in [-0.2, 0) is 20.1 Å². The predicted molar refractivity (Wildman–Crippen MR) is 118 cm³/mol. The predicted octanol–water partition coefficient (Wildman–Crippen LogP) is 3.43. The van der Waals surface area contributed by atoms with Crippen molar-refractivity contribution < 1.29 is 0 Å². The maximum Gasteiger partial charge on any atom is 0.194 e. The lowest BCUT2D eigenvalue weighted by Crippen LogP contribution is -2.48. The van der Waals surface area contributed by atoms with Gasteiger partial charge in [0.2, 0.25) is 0 Å². The fourth-order valence-corrected chi connectivity index (χ4v) is 4.06. The lowest BCUT2D eigenvalue weighted by Gasteiger charge is -2.37. The van der Waals surface area contributed by atoms with Gasteiger partial charge >= 0.3 is 0 Å². The quantitative estimate of drug-likeness (QED) is 0.407. The van der Waals surface area contributed by atoms with Gasteiger partial charge in [-0.15, -0.1) is 45.5 Å². The monoisotopic (exact) mass is 488 g/mol. The van der Waals surface area contributed by atoms with Crippen LogP contribution in [-0.4, -0.2) is 38.7 Å². The van der Waals surface area contributed by atoms with E-state index in [0.29, 0.717) is 18.4 Å². The molecule has 2 aromatic heterocycles. The number of hydrogen-bond donors (Lipinski definition) is 1. The third-order valence-electron chi connectivity index (χ3n) is 4.72. The van der Waals surface area contributed by atoms with Gasteiger partial charge in [0.1, 0.15) is 12.4 Å². The Balaban J connectivity index is 0.00000243. The van der Waals surface area contributed by atoms with Gasteiger partial charge in [-0.3, -0.25) is 0 Å². The number of nitrogens with zero attached hydrogens (tertiary/aromatic N) is 5. The second-order valence-corrected chi connectivity index (χ2v) is 8.18. The van der Waals surface area contributed by atoms with Crippen molar-refractivity contribution in [3.05, 3.63) is 34.0 Å². The van der Waals surface area contributed by atoms with Crippen LogP contribution >= 0.6 is 35.3 Å². The summed E-state index contributed by atoms with van der Waals surface area (Å²) in [7, 11) is 1.99.